The Morgan fingerprint density at radius 3 is 2.50 bits per heavy atom. The average molecular weight is 300 g/mol. The number of benzene rings is 1. The third-order valence-electron chi connectivity index (χ3n) is 2.64. The maximum atomic E-state index is 6.20. The van der Waals surface area contributed by atoms with Gasteiger partial charge in [0.1, 0.15) is 5.75 Å². The summed E-state index contributed by atoms with van der Waals surface area (Å²) in [5.74, 6) is 0.746. The summed E-state index contributed by atoms with van der Waals surface area (Å²) in [5, 5.41) is 4.05. The number of hydrogen-bond donors (Lipinski definition) is 1. The highest BCUT2D eigenvalue weighted by molar-refractivity contribution is 6.32. The van der Waals surface area contributed by atoms with Crippen LogP contribution < -0.4 is 10.1 Å². The van der Waals surface area contributed by atoms with Gasteiger partial charge < -0.3 is 14.8 Å². The van der Waals surface area contributed by atoms with E-state index in [2.05, 4.69) is 19.2 Å². The van der Waals surface area contributed by atoms with E-state index in [1.54, 1.807) is 0 Å². The van der Waals surface area contributed by atoms with Crippen LogP contribution in [0.4, 0.5) is 0 Å². The van der Waals surface area contributed by atoms with Crippen molar-refractivity contribution in [3.8, 4) is 5.75 Å². The molecule has 0 fully saturated rings. The van der Waals surface area contributed by atoms with E-state index >= 15 is 0 Å². The van der Waals surface area contributed by atoms with E-state index in [0.717, 1.165) is 37.4 Å². The van der Waals surface area contributed by atoms with Crippen LogP contribution in [-0.2, 0) is 11.3 Å². The van der Waals surface area contributed by atoms with Crippen LogP contribution in [0.3, 0.4) is 0 Å². The number of halogens is 1. The van der Waals surface area contributed by atoms with Crippen molar-refractivity contribution in [2.75, 3.05) is 13.2 Å². The smallest absolute Gasteiger partial charge is 0.138 e. The minimum atomic E-state index is 0.137. The van der Waals surface area contributed by atoms with Crippen molar-refractivity contribution in [3.63, 3.8) is 0 Å². The summed E-state index contributed by atoms with van der Waals surface area (Å²) in [6.07, 6.45) is 1.46. The van der Waals surface area contributed by atoms with Gasteiger partial charge in [0, 0.05) is 13.2 Å². The lowest BCUT2D eigenvalue weighted by Gasteiger charge is -2.12. The van der Waals surface area contributed by atoms with Crippen molar-refractivity contribution in [2.45, 2.75) is 52.9 Å². The second kappa shape index (κ2) is 9.22. The zero-order valence-corrected chi connectivity index (χ0v) is 13.7. The Kier molecular flexibility index (Phi) is 7.97. The summed E-state index contributed by atoms with van der Waals surface area (Å²) in [7, 11) is 0. The van der Waals surface area contributed by atoms with E-state index in [1.165, 1.54) is 0 Å². The monoisotopic (exact) mass is 299 g/mol. The van der Waals surface area contributed by atoms with Crippen LogP contribution in [0.1, 0.15) is 39.7 Å². The van der Waals surface area contributed by atoms with Crippen LogP contribution >= 0.6 is 11.6 Å². The first-order valence-electron chi connectivity index (χ1n) is 7.26. The third-order valence-corrected chi connectivity index (χ3v) is 2.93. The highest BCUT2D eigenvalue weighted by Gasteiger charge is 2.04. The summed E-state index contributed by atoms with van der Waals surface area (Å²) >= 11 is 6.20. The Morgan fingerprint density at radius 1 is 1.15 bits per heavy atom. The number of hydrogen-bond acceptors (Lipinski definition) is 3. The molecule has 0 aliphatic rings. The molecule has 0 radical (unpaired) electrons. The fourth-order valence-electron chi connectivity index (χ4n) is 1.75. The normalized spacial score (nSPS) is 11.3. The predicted molar refractivity (Wildman–Crippen MR) is 84.6 cm³/mol. The second-order valence-electron chi connectivity index (χ2n) is 5.38. The molecule has 0 aromatic heterocycles. The third kappa shape index (κ3) is 7.13. The first-order chi connectivity index (χ1) is 9.49. The molecule has 4 heteroatoms. The fraction of sp³-hybridized carbons (Fsp3) is 0.625. The summed E-state index contributed by atoms with van der Waals surface area (Å²) in [5.41, 5.74) is 1.16. The molecular formula is C16H26ClNO2. The van der Waals surface area contributed by atoms with Crippen molar-refractivity contribution in [3.05, 3.63) is 28.8 Å². The predicted octanol–water partition coefficient (Wildman–Crippen LogP) is 4.03. The van der Waals surface area contributed by atoms with Gasteiger partial charge in [0.15, 0.2) is 0 Å². The molecule has 114 valence electrons. The van der Waals surface area contributed by atoms with Crippen LogP contribution in [-0.4, -0.2) is 25.4 Å². The molecule has 0 atom stereocenters. The standard InChI is InChI=1S/C16H26ClNO2/c1-12(2)19-9-5-8-18-11-14-6-7-16(15(17)10-14)20-13(3)4/h6-7,10,12-13,18H,5,8-9,11H2,1-4H3. The van der Waals surface area contributed by atoms with E-state index in [0.29, 0.717) is 11.1 Å². The molecular weight excluding hydrogens is 274 g/mol. The van der Waals surface area contributed by atoms with Gasteiger partial charge in [-0.15, -0.1) is 0 Å². The Morgan fingerprint density at radius 2 is 1.90 bits per heavy atom. The first kappa shape index (κ1) is 17.3. The highest BCUT2D eigenvalue weighted by atomic mass is 35.5. The molecule has 3 nitrogen and oxygen atoms in total. The molecule has 1 aromatic rings. The van der Waals surface area contributed by atoms with Crippen LogP contribution in [0.2, 0.25) is 5.02 Å². The van der Waals surface area contributed by atoms with Crippen molar-refractivity contribution in [1.29, 1.82) is 0 Å². The fourth-order valence-corrected chi connectivity index (χ4v) is 2.00. The molecule has 0 aliphatic carbocycles. The summed E-state index contributed by atoms with van der Waals surface area (Å²) in [6, 6.07) is 5.93. The van der Waals surface area contributed by atoms with Gasteiger partial charge in [-0.25, -0.2) is 0 Å². The van der Waals surface area contributed by atoms with Crippen molar-refractivity contribution >= 4 is 11.6 Å². The maximum Gasteiger partial charge on any atom is 0.138 e. The lowest BCUT2D eigenvalue weighted by atomic mass is 10.2. The Balaban J connectivity index is 2.29. The van der Waals surface area contributed by atoms with Gasteiger partial charge in [0.05, 0.1) is 17.2 Å². The zero-order valence-electron chi connectivity index (χ0n) is 12.9. The quantitative estimate of drug-likeness (QED) is 0.698. The van der Waals surface area contributed by atoms with Crippen LogP contribution in [0.15, 0.2) is 18.2 Å². The topological polar surface area (TPSA) is 30.5 Å². The van der Waals surface area contributed by atoms with Crippen LogP contribution in [0, 0.1) is 0 Å². The lowest BCUT2D eigenvalue weighted by molar-refractivity contribution is 0.0770. The zero-order chi connectivity index (χ0) is 15.0. The number of rotatable bonds is 9. The average Bonchev–Trinajstić information content (AvgIpc) is 2.36. The largest absolute Gasteiger partial charge is 0.489 e. The van der Waals surface area contributed by atoms with Gasteiger partial charge in [0.2, 0.25) is 0 Å². The second-order valence-corrected chi connectivity index (χ2v) is 5.79. The molecule has 0 spiro atoms. The van der Waals surface area contributed by atoms with Crippen LogP contribution in [0.5, 0.6) is 5.75 Å². The van der Waals surface area contributed by atoms with Gasteiger partial charge in [-0.3, -0.25) is 0 Å². The Hall–Kier alpha value is -0.770. The van der Waals surface area contributed by atoms with Crippen molar-refractivity contribution < 1.29 is 9.47 Å². The Labute approximate surface area is 127 Å². The minimum Gasteiger partial charge on any atom is -0.489 e. The van der Waals surface area contributed by atoms with Gasteiger partial charge in [-0.05, 0) is 58.4 Å². The molecule has 0 amide bonds. The Bertz CT molecular complexity index is 394. The molecule has 0 unspecified atom stereocenters. The SMILES string of the molecule is CC(C)OCCCNCc1ccc(OC(C)C)c(Cl)c1. The first-order valence-corrected chi connectivity index (χ1v) is 7.64. The maximum absolute atomic E-state index is 6.20. The van der Waals surface area contributed by atoms with Gasteiger partial charge in [-0.1, -0.05) is 17.7 Å². The molecule has 20 heavy (non-hydrogen) atoms. The number of ether oxygens (including phenoxy) is 2. The van der Waals surface area contributed by atoms with Gasteiger partial charge in [0.25, 0.3) is 0 Å². The molecule has 0 saturated carbocycles. The molecule has 0 bridgehead atoms. The molecule has 1 rings (SSSR count). The summed E-state index contributed by atoms with van der Waals surface area (Å²) < 4.78 is 11.1. The molecule has 0 aliphatic heterocycles. The number of nitrogens with one attached hydrogen (secondary N) is 1. The molecule has 1 aromatic carbocycles. The summed E-state index contributed by atoms with van der Waals surface area (Å²) in [6.45, 7) is 10.6. The van der Waals surface area contributed by atoms with Gasteiger partial charge in [-0.2, -0.15) is 0 Å². The van der Waals surface area contributed by atoms with Crippen molar-refractivity contribution in [2.24, 2.45) is 0 Å². The molecule has 0 heterocycles. The van der Waals surface area contributed by atoms with Crippen molar-refractivity contribution in [1.82, 2.24) is 5.32 Å². The van der Waals surface area contributed by atoms with Crippen LogP contribution in [0.25, 0.3) is 0 Å². The lowest BCUT2D eigenvalue weighted by Crippen LogP contribution is -2.17. The molecule has 0 saturated heterocycles. The van der Waals surface area contributed by atoms with E-state index in [1.807, 2.05) is 32.0 Å². The summed E-state index contributed by atoms with van der Waals surface area (Å²) in [4.78, 5) is 0. The molecule has 1 N–H and O–H groups in total. The van der Waals surface area contributed by atoms with E-state index < -0.39 is 0 Å². The highest BCUT2D eigenvalue weighted by Crippen LogP contribution is 2.26. The van der Waals surface area contributed by atoms with E-state index in [-0.39, 0.29) is 6.10 Å². The van der Waals surface area contributed by atoms with Gasteiger partial charge >= 0.3 is 0 Å². The van der Waals surface area contributed by atoms with E-state index in [4.69, 9.17) is 21.1 Å². The minimum absolute atomic E-state index is 0.137. The van der Waals surface area contributed by atoms with E-state index in [9.17, 15) is 0 Å².